The third-order valence-electron chi connectivity index (χ3n) is 3.37. The maximum absolute atomic E-state index is 9.58. The van der Waals surface area contributed by atoms with Gasteiger partial charge in [0, 0.05) is 19.3 Å². The summed E-state index contributed by atoms with van der Waals surface area (Å²) in [5, 5.41) is 9.58. The van der Waals surface area contributed by atoms with Gasteiger partial charge in [0.25, 0.3) is 0 Å². The maximum atomic E-state index is 9.58. The van der Waals surface area contributed by atoms with E-state index in [1.54, 1.807) is 6.20 Å². The van der Waals surface area contributed by atoms with Gasteiger partial charge in [-0.1, -0.05) is 36.4 Å². The molecule has 0 unspecified atom stereocenters. The lowest BCUT2D eigenvalue weighted by molar-refractivity contribution is 0.198. The van der Waals surface area contributed by atoms with E-state index in [1.807, 2.05) is 48.6 Å². The Bertz CT molecular complexity index is 598. The Kier molecular flexibility index (Phi) is 3.74. The SMILES string of the molecule is O[C@H]1CCN(c2ccnc(/C=C/c3ccccc3)n2)C1. The van der Waals surface area contributed by atoms with Crippen LogP contribution in [0.4, 0.5) is 5.82 Å². The normalized spacial score (nSPS) is 18.9. The minimum absolute atomic E-state index is 0.242. The molecule has 0 radical (unpaired) electrons. The molecule has 1 aliphatic heterocycles. The molecule has 2 heterocycles. The first-order valence-corrected chi connectivity index (χ1v) is 6.80. The Morgan fingerprint density at radius 1 is 1.15 bits per heavy atom. The second-order valence-electron chi connectivity index (χ2n) is 4.91. The highest BCUT2D eigenvalue weighted by atomic mass is 16.3. The second kappa shape index (κ2) is 5.84. The van der Waals surface area contributed by atoms with E-state index >= 15 is 0 Å². The van der Waals surface area contributed by atoms with Crippen LogP contribution in [0.1, 0.15) is 17.8 Å². The Morgan fingerprint density at radius 3 is 2.75 bits per heavy atom. The van der Waals surface area contributed by atoms with Crippen LogP contribution in [0.3, 0.4) is 0 Å². The lowest BCUT2D eigenvalue weighted by atomic mass is 10.2. The van der Waals surface area contributed by atoms with Crippen LogP contribution >= 0.6 is 0 Å². The number of aromatic nitrogens is 2. The molecule has 2 aromatic rings. The van der Waals surface area contributed by atoms with Crippen molar-refractivity contribution < 1.29 is 5.11 Å². The summed E-state index contributed by atoms with van der Waals surface area (Å²) in [6, 6.07) is 12.0. The molecule has 1 saturated heterocycles. The van der Waals surface area contributed by atoms with Crippen molar-refractivity contribution in [2.75, 3.05) is 18.0 Å². The molecule has 3 rings (SSSR count). The molecule has 0 amide bonds. The van der Waals surface area contributed by atoms with Crippen LogP contribution in [-0.4, -0.2) is 34.3 Å². The average molecular weight is 267 g/mol. The van der Waals surface area contributed by atoms with Crippen molar-refractivity contribution in [3.05, 3.63) is 54.0 Å². The first kappa shape index (κ1) is 12.8. The van der Waals surface area contributed by atoms with E-state index in [0.717, 1.165) is 24.3 Å². The Hall–Kier alpha value is -2.20. The number of aliphatic hydroxyl groups excluding tert-OH is 1. The molecule has 4 nitrogen and oxygen atoms in total. The highest BCUT2D eigenvalue weighted by Gasteiger charge is 2.21. The Morgan fingerprint density at radius 2 is 2.00 bits per heavy atom. The number of benzene rings is 1. The lowest BCUT2D eigenvalue weighted by Gasteiger charge is -2.16. The molecular weight excluding hydrogens is 250 g/mol. The van der Waals surface area contributed by atoms with Gasteiger partial charge in [-0.15, -0.1) is 0 Å². The van der Waals surface area contributed by atoms with Crippen LogP contribution < -0.4 is 4.90 Å². The van der Waals surface area contributed by atoms with Gasteiger partial charge in [-0.25, -0.2) is 9.97 Å². The van der Waals surface area contributed by atoms with Crippen molar-refractivity contribution in [1.82, 2.24) is 9.97 Å². The van der Waals surface area contributed by atoms with Gasteiger partial charge in [-0.2, -0.15) is 0 Å². The van der Waals surface area contributed by atoms with Crippen molar-refractivity contribution >= 4 is 18.0 Å². The summed E-state index contributed by atoms with van der Waals surface area (Å²) < 4.78 is 0. The molecule has 0 aliphatic carbocycles. The molecule has 0 bridgehead atoms. The highest BCUT2D eigenvalue weighted by Crippen LogP contribution is 2.18. The van der Waals surface area contributed by atoms with E-state index < -0.39 is 0 Å². The van der Waals surface area contributed by atoms with Crippen LogP contribution in [0.2, 0.25) is 0 Å². The summed E-state index contributed by atoms with van der Waals surface area (Å²) in [7, 11) is 0. The molecule has 1 N–H and O–H groups in total. The summed E-state index contributed by atoms with van der Waals surface area (Å²) in [5.74, 6) is 1.57. The molecule has 1 aromatic carbocycles. The molecule has 1 atom stereocenters. The highest BCUT2D eigenvalue weighted by molar-refractivity contribution is 5.66. The van der Waals surface area contributed by atoms with Crippen molar-refractivity contribution in [1.29, 1.82) is 0 Å². The van der Waals surface area contributed by atoms with Crippen molar-refractivity contribution in [2.45, 2.75) is 12.5 Å². The van der Waals surface area contributed by atoms with Crippen LogP contribution in [0.15, 0.2) is 42.6 Å². The van der Waals surface area contributed by atoms with Gasteiger partial charge < -0.3 is 10.0 Å². The lowest BCUT2D eigenvalue weighted by Crippen LogP contribution is -2.22. The summed E-state index contributed by atoms with van der Waals surface area (Å²) in [4.78, 5) is 10.9. The van der Waals surface area contributed by atoms with E-state index in [1.165, 1.54) is 0 Å². The van der Waals surface area contributed by atoms with Crippen LogP contribution in [0.25, 0.3) is 12.2 Å². The first-order valence-electron chi connectivity index (χ1n) is 6.80. The molecule has 102 valence electrons. The number of anilines is 1. The molecule has 20 heavy (non-hydrogen) atoms. The van der Waals surface area contributed by atoms with Crippen molar-refractivity contribution in [3.8, 4) is 0 Å². The van der Waals surface area contributed by atoms with Gasteiger partial charge >= 0.3 is 0 Å². The fraction of sp³-hybridized carbons (Fsp3) is 0.250. The monoisotopic (exact) mass is 267 g/mol. The predicted molar refractivity (Wildman–Crippen MR) is 80.2 cm³/mol. The number of β-amino-alcohol motifs (C(OH)–C–C–N with tert-alkyl or cyclic N) is 1. The third kappa shape index (κ3) is 3.03. The summed E-state index contributed by atoms with van der Waals surface area (Å²) in [5.41, 5.74) is 1.12. The van der Waals surface area contributed by atoms with E-state index in [4.69, 9.17) is 0 Å². The van der Waals surface area contributed by atoms with E-state index in [2.05, 4.69) is 14.9 Å². The van der Waals surface area contributed by atoms with Crippen molar-refractivity contribution in [3.63, 3.8) is 0 Å². The van der Waals surface area contributed by atoms with Gasteiger partial charge in [0.2, 0.25) is 0 Å². The molecule has 1 fully saturated rings. The third-order valence-corrected chi connectivity index (χ3v) is 3.37. The van der Waals surface area contributed by atoms with Gasteiger partial charge in [0.05, 0.1) is 6.10 Å². The standard InChI is InChI=1S/C16H17N3O/c20-14-9-11-19(12-14)16-8-10-17-15(18-16)7-6-13-4-2-1-3-5-13/h1-8,10,14,20H,9,11-12H2/b7-6+/t14-/m0/s1. The number of rotatable bonds is 3. The van der Waals surface area contributed by atoms with E-state index in [9.17, 15) is 5.11 Å². The number of hydrogen-bond donors (Lipinski definition) is 1. The zero-order chi connectivity index (χ0) is 13.8. The van der Waals surface area contributed by atoms with Crippen LogP contribution in [0.5, 0.6) is 0 Å². The van der Waals surface area contributed by atoms with Crippen molar-refractivity contribution in [2.24, 2.45) is 0 Å². The summed E-state index contributed by atoms with van der Waals surface area (Å²) >= 11 is 0. The minimum atomic E-state index is -0.242. The molecule has 0 saturated carbocycles. The van der Waals surface area contributed by atoms with E-state index in [-0.39, 0.29) is 6.10 Å². The second-order valence-corrected chi connectivity index (χ2v) is 4.91. The van der Waals surface area contributed by atoms with Gasteiger partial charge in [0.1, 0.15) is 5.82 Å². The topological polar surface area (TPSA) is 49.2 Å². The smallest absolute Gasteiger partial charge is 0.154 e. The summed E-state index contributed by atoms with van der Waals surface area (Å²) in [6.45, 7) is 1.50. The fourth-order valence-electron chi connectivity index (χ4n) is 2.31. The maximum Gasteiger partial charge on any atom is 0.154 e. The van der Waals surface area contributed by atoms with E-state index in [0.29, 0.717) is 12.4 Å². The Balaban J connectivity index is 1.76. The van der Waals surface area contributed by atoms with Gasteiger partial charge in [-0.05, 0) is 24.1 Å². The van der Waals surface area contributed by atoms with Gasteiger partial charge in [-0.3, -0.25) is 0 Å². The largest absolute Gasteiger partial charge is 0.391 e. The fourth-order valence-corrected chi connectivity index (χ4v) is 2.31. The molecule has 1 aromatic heterocycles. The average Bonchev–Trinajstić information content (AvgIpc) is 2.93. The summed E-state index contributed by atoms with van der Waals surface area (Å²) in [6.07, 6.45) is 6.23. The predicted octanol–water partition coefficient (Wildman–Crippen LogP) is 2.22. The van der Waals surface area contributed by atoms with Gasteiger partial charge in [0.15, 0.2) is 5.82 Å². The molecule has 0 spiro atoms. The first-order chi connectivity index (χ1) is 9.81. The number of aliphatic hydroxyl groups is 1. The quantitative estimate of drug-likeness (QED) is 0.926. The Labute approximate surface area is 118 Å². The number of nitrogens with zero attached hydrogens (tertiary/aromatic N) is 3. The molecule has 4 heteroatoms. The number of hydrogen-bond acceptors (Lipinski definition) is 4. The molecule has 1 aliphatic rings. The zero-order valence-corrected chi connectivity index (χ0v) is 11.2. The molecular formula is C16H17N3O. The zero-order valence-electron chi connectivity index (χ0n) is 11.2. The van der Waals surface area contributed by atoms with Crippen LogP contribution in [0, 0.1) is 0 Å². The minimum Gasteiger partial charge on any atom is -0.391 e. The van der Waals surface area contributed by atoms with Crippen LogP contribution in [-0.2, 0) is 0 Å².